The van der Waals surface area contributed by atoms with E-state index in [1.54, 1.807) is 18.9 Å². The van der Waals surface area contributed by atoms with Crippen molar-refractivity contribution in [2.24, 2.45) is 0 Å². The van der Waals surface area contributed by atoms with Gasteiger partial charge in [0, 0.05) is 11.8 Å². The number of hydrogen-bond donors (Lipinski definition) is 1. The third kappa shape index (κ3) is 3.62. The van der Waals surface area contributed by atoms with Gasteiger partial charge in [0.25, 0.3) is 0 Å². The molecule has 5 nitrogen and oxygen atoms in total. The summed E-state index contributed by atoms with van der Waals surface area (Å²) in [7, 11) is 1.69. The first-order chi connectivity index (χ1) is 10.8. The quantitative estimate of drug-likeness (QED) is 0.599. The number of aliphatic hydroxyl groups excluding tert-OH is 1. The van der Waals surface area contributed by atoms with E-state index in [4.69, 9.17) is 4.74 Å². The topological polar surface area (TPSA) is 60.2 Å². The summed E-state index contributed by atoms with van der Waals surface area (Å²) >= 11 is 1.73. The lowest BCUT2D eigenvalue weighted by molar-refractivity contribution is 0.263. The molecule has 0 radical (unpaired) electrons. The van der Waals surface area contributed by atoms with Crippen molar-refractivity contribution in [3.8, 4) is 5.75 Å². The van der Waals surface area contributed by atoms with Gasteiger partial charge in [0.1, 0.15) is 12.4 Å². The molecule has 1 saturated carbocycles. The average molecular weight is 319 g/mol. The molecule has 1 aliphatic rings. The van der Waals surface area contributed by atoms with Gasteiger partial charge in [-0.3, -0.25) is 0 Å². The Morgan fingerprint density at radius 2 is 2.23 bits per heavy atom. The zero-order chi connectivity index (χ0) is 15.4. The number of ether oxygens (including phenoxy) is 1. The maximum Gasteiger partial charge on any atom is 0.191 e. The second kappa shape index (κ2) is 7.15. The van der Waals surface area contributed by atoms with Crippen LogP contribution in [0.25, 0.3) is 0 Å². The summed E-state index contributed by atoms with van der Waals surface area (Å²) in [5.74, 6) is 2.59. The van der Waals surface area contributed by atoms with Gasteiger partial charge >= 0.3 is 0 Å². The van der Waals surface area contributed by atoms with Gasteiger partial charge in [-0.1, -0.05) is 23.9 Å². The van der Waals surface area contributed by atoms with E-state index in [0.717, 1.165) is 29.5 Å². The number of aryl methyl sites for hydroxylation is 1. The van der Waals surface area contributed by atoms with E-state index >= 15 is 0 Å². The standard InChI is InChI=1S/C16H21N3O2S/c1-21-14-6-2-4-12(10-14)5-3-9-22-16-18-17-15(11-20)19(16)13-7-8-13/h2,4,6,10,13,20H,3,5,7-9,11H2,1H3. The van der Waals surface area contributed by atoms with Crippen molar-refractivity contribution in [1.82, 2.24) is 14.8 Å². The van der Waals surface area contributed by atoms with E-state index in [1.807, 2.05) is 12.1 Å². The molecular weight excluding hydrogens is 298 g/mol. The van der Waals surface area contributed by atoms with Gasteiger partial charge in [0.15, 0.2) is 11.0 Å². The fraction of sp³-hybridized carbons (Fsp3) is 0.500. The number of hydrogen-bond acceptors (Lipinski definition) is 5. The summed E-state index contributed by atoms with van der Waals surface area (Å²) in [5, 5.41) is 18.6. The summed E-state index contributed by atoms with van der Waals surface area (Å²) in [4.78, 5) is 0. The lowest BCUT2D eigenvalue weighted by Gasteiger charge is -2.07. The summed E-state index contributed by atoms with van der Waals surface area (Å²) in [5.41, 5.74) is 1.29. The highest BCUT2D eigenvalue weighted by atomic mass is 32.2. The molecule has 6 heteroatoms. The molecule has 1 N–H and O–H groups in total. The van der Waals surface area contributed by atoms with Crippen molar-refractivity contribution in [3.63, 3.8) is 0 Å². The molecule has 1 heterocycles. The third-order valence-corrected chi connectivity index (χ3v) is 4.79. The van der Waals surface area contributed by atoms with Crippen molar-refractivity contribution >= 4 is 11.8 Å². The lowest BCUT2D eigenvalue weighted by atomic mass is 10.1. The first-order valence-electron chi connectivity index (χ1n) is 7.62. The molecule has 1 aliphatic carbocycles. The number of methoxy groups -OCH3 is 1. The van der Waals surface area contributed by atoms with Gasteiger partial charge in [-0.05, 0) is 43.4 Å². The van der Waals surface area contributed by atoms with E-state index in [0.29, 0.717) is 11.9 Å². The van der Waals surface area contributed by atoms with E-state index in [9.17, 15) is 5.11 Å². The molecular formula is C16H21N3O2S. The van der Waals surface area contributed by atoms with Crippen LogP contribution in [0.4, 0.5) is 0 Å². The minimum Gasteiger partial charge on any atom is -0.497 e. The smallest absolute Gasteiger partial charge is 0.191 e. The van der Waals surface area contributed by atoms with Crippen LogP contribution in [-0.4, -0.2) is 32.7 Å². The van der Waals surface area contributed by atoms with Crippen LogP contribution < -0.4 is 4.74 Å². The van der Waals surface area contributed by atoms with E-state index in [1.165, 1.54) is 18.4 Å². The van der Waals surface area contributed by atoms with Crippen LogP contribution in [-0.2, 0) is 13.0 Å². The number of nitrogens with zero attached hydrogens (tertiary/aromatic N) is 3. The molecule has 1 fully saturated rings. The Morgan fingerprint density at radius 1 is 1.36 bits per heavy atom. The highest BCUT2D eigenvalue weighted by Crippen LogP contribution is 2.38. The van der Waals surface area contributed by atoms with Crippen LogP contribution in [0.5, 0.6) is 5.75 Å². The molecule has 118 valence electrons. The van der Waals surface area contributed by atoms with Crippen molar-refractivity contribution < 1.29 is 9.84 Å². The van der Waals surface area contributed by atoms with Crippen molar-refractivity contribution in [1.29, 1.82) is 0 Å². The number of thioether (sulfide) groups is 1. The van der Waals surface area contributed by atoms with Crippen LogP contribution in [0.1, 0.15) is 36.7 Å². The second-order valence-corrected chi connectivity index (χ2v) is 6.52. The van der Waals surface area contributed by atoms with Gasteiger partial charge in [-0.25, -0.2) is 0 Å². The number of aliphatic hydroxyl groups is 1. The summed E-state index contributed by atoms with van der Waals surface area (Å²) < 4.78 is 7.35. The molecule has 22 heavy (non-hydrogen) atoms. The minimum absolute atomic E-state index is 0.0339. The van der Waals surface area contributed by atoms with Gasteiger partial charge in [0.2, 0.25) is 0 Å². The van der Waals surface area contributed by atoms with E-state index in [-0.39, 0.29) is 6.61 Å². The van der Waals surface area contributed by atoms with Crippen molar-refractivity contribution in [2.75, 3.05) is 12.9 Å². The Balaban J connectivity index is 1.52. The van der Waals surface area contributed by atoms with E-state index < -0.39 is 0 Å². The molecule has 0 bridgehead atoms. The van der Waals surface area contributed by atoms with Crippen molar-refractivity contribution in [3.05, 3.63) is 35.7 Å². The maximum absolute atomic E-state index is 9.33. The fourth-order valence-electron chi connectivity index (χ4n) is 2.48. The Labute approximate surface area is 134 Å². The number of aromatic nitrogens is 3. The average Bonchev–Trinajstić information content (AvgIpc) is 3.32. The normalized spacial score (nSPS) is 14.3. The number of benzene rings is 1. The number of rotatable bonds is 8. The fourth-order valence-corrected chi connectivity index (χ4v) is 3.44. The monoisotopic (exact) mass is 319 g/mol. The summed E-state index contributed by atoms with van der Waals surface area (Å²) in [6.45, 7) is -0.0339. The van der Waals surface area contributed by atoms with Crippen LogP contribution in [0.2, 0.25) is 0 Å². The summed E-state index contributed by atoms with van der Waals surface area (Å²) in [6.07, 6.45) is 4.43. The third-order valence-electron chi connectivity index (χ3n) is 3.76. The Morgan fingerprint density at radius 3 is 2.95 bits per heavy atom. The Hall–Kier alpha value is -1.53. The molecule has 0 unspecified atom stereocenters. The maximum atomic E-state index is 9.33. The lowest BCUT2D eigenvalue weighted by Crippen LogP contribution is -2.03. The molecule has 1 aromatic heterocycles. The Bertz CT molecular complexity index is 626. The molecule has 1 aromatic carbocycles. The molecule has 0 spiro atoms. The second-order valence-electron chi connectivity index (χ2n) is 5.46. The van der Waals surface area contributed by atoms with Gasteiger partial charge in [-0.15, -0.1) is 10.2 Å². The van der Waals surface area contributed by atoms with Crippen LogP contribution in [0.3, 0.4) is 0 Å². The molecule has 0 saturated heterocycles. The Kier molecular flexibility index (Phi) is 5.00. The van der Waals surface area contributed by atoms with Crippen LogP contribution >= 0.6 is 11.8 Å². The highest BCUT2D eigenvalue weighted by Gasteiger charge is 2.29. The zero-order valence-electron chi connectivity index (χ0n) is 12.7. The molecule has 0 atom stereocenters. The first-order valence-corrected chi connectivity index (χ1v) is 8.60. The molecule has 2 aromatic rings. The van der Waals surface area contributed by atoms with Gasteiger partial charge in [0.05, 0.1) is 7.11 Å². The predicted octanol–water partition coefficient (Wildman–Crippen LogP) is 2.84. The van der Waals surface area contributed by atoms with Crippen molar-refractivity contribution in [2.45, 2.75) is 43.5 Å². The molecule has 0 aliphatic heterocycles. The zero-order valence-corrected chi connectivity index (χ0v) is 13.6. The predicted molar refractivity (Wildman–Crippen MR) is 86.3 cm³/mol. The van der Waals surface area contributed by atoms with Gasteiger partial charge in [-0.2, -0.15) is 0 Å². The highest BCUT2D eigenvalue weighted by molar-refractivity contribution is 7.99. The van der Waals surface area contributed by atoms with Crippen LogP contribution in [0.15, 0.2) is 29.4 Å². The minimum atomic E-state index is -0.0339. The van der Waals surface area contributed by atoms with Crippen LogP contribution in [0, 0.1) is 0 Å². The first kappa shape index (κ1) is 15.4. The summed E-state index contributed by atoms with van der Waals surface area (Å²) in [6, 6.07) is 8.70. The SMILES string of the molecule is COc1cccc(CCCSc2nnc(CO)n2C2CC2)c1. The van der Waals surface area contributed by atoms with Gasteiger partial charge < -0.3 is 14.4 Å². The molecule has 0 amide bonds. The van der Waals surface area contributed by atoms with E-state index in [2.05, 4.69) is 26.9 Å². The molecule has 3 rings (SSSR count). The largest absolute Gasteiger partial charge is 0.497 e.